The minimum atomic E-state index is -0.966. The summed E-state index contributed by atoms with van der Waals surface area (Å²) in [5.74, 6) is -0.845. The summed E-state index contributed by atoms with van der Waals surface area (Å²) in [6.07, 6.45) is 1.33. The van der Waals surface area contributed by atoms with Crippen molar-refractivity contribution in [1.82, 2.24) is 10.6 Å². The van der Waals surface area contributed by atoms with E-state index in [1.165, 1.54) is 4.90 Å². The predicted octanol–water partition coefficient (Wildman–Crippen LogP) is 2.22. The van der Waals surface area contributed by atoms with Gasteiger partial charge in [-0.25, -0.2) is 4.79 Å². The first-order chi connectivity index (χ1) is 16.2. The Morgan fingerprint density at radius 2 is 1.94 bits per heavy atom. The molecular formula is C24H24ClN5O4. The number of benzene rings is 2. The van der Waals surface area contributed by atoms with Crippen LogP contribution in [0.4, 0.5) is 21.9 Å². The van der Waals surface area contributed by atoms with Crippen LogP contribution in [0.5, 0.6) is 0 Å². The first-order valence-electron chi connectivity index (χ1n) is 11.1. The first-order valence-corrected chi connectivity index (χ1v) is 11.5. The fraction of sp³-hybridized carbons (Fsp3) is 0.333. The van der Waals surface area contributed by atoms with Crippen LogP contribution in [0, 0.1) is 0 Å². The van der Waals surface area contributed by atoms with Crippen molar-refractivity contribution in [3.63, 3.8) is 0 Å². The number of carbonyl (C=O) groups excluding carboxylic acids is 4. The molecule has 1 spiro atoms. The van der Waals surface area contributed by atoms with E-state index in [2.05, 4.69) is 16.0 Å². The Labute approximate surface area is 201 Å². The SMILES string of the molecule is CCC1C(=O)N(CC(=O)Nc2ccc3c(c2)CC2(C3)NC(=O)NC2=O)c2cccc(Cl)c2N1C. The standard InChI is InChI=1S/C24H24ClN5O4/c1-3-17-21(32)30(18-6-4-5-16(25)20(18)29(17)2)12-19(31)26-15-8-7-13-10-24(11-14(13)9-15)22(33)27-23(34)28-24/h4-9,17H,3,10-12H2,1-2H3,(H,26,31)(H2,27,28,33,34). The molecule has 2 heterocycles. The minimum Gasteiger partial charge on any atom is -0.360 e. The second-order valence-corrected chi connectivity index (χ2v) is 9.35. The van der Waals surface area contributed by atoms with E-state index in [1.54, 1.807) is 24.3 Å². The number of likely N-dealkylation sites (N-methyl/N-ethyl adjacent to an activating group) is 1. The van der Waals surface area contributed by atoms with Gasteiger partial charge in [0.05, 0.1) is 16.4 Å². The van der Waals surface area contributed by atoms with Crippen molar-refractivity contribution in [1.29, 1.82) is 0 Å². The number of urea groups is 1. The molecule has 2 aliphatic heterocycles. The van der Waals surface area contributed by atoms with Gasteiger partial charge in [0.25, 0.3) is 5.91 Å². The lowest BCUT2D eigenvalue weighted by molar-refractivity contribution is -0.123. The maximum absolute atomic E-state index is 13.2. The number of hydrogen-bond acceptors (Lipinski definition) is 5. The Morgan fingerprint density at radius 3 is 2.65 bits per heavy atom. The van der Waals surface area contributed by atoms with Gasteiger partial charge in [-0.2, -0.15) is 0 Å². The second kappa shape index (κ2) is 8.02. The van der Waals surface area contributed by atoms with Crippen molar-refractivity contribution < 1.29 is 19.2 Å². The fourth-order valence-electron chi connectivity index (χ4n) is 5.18. The monoisotopic (exact) mass is 481 g/mol. The molecule has 2 aromatic carbocycles. The molecule has 176 valence electrons. The number of hydrogen-bond donors (Lipinski definition) is 3. The average molecular weight is 482 g/mol. The summed E-state index contributed by atoms with van der Waals surface area (Å²) < 4.78 is 0. The summed E-state index contributed by atoms with van der Waals surface area (Å²) in [7, 11) is 1.83. The van der Waals surface area contributed by atoms with Crippen molar-refractivity contribution in [2.45, 2.75) is 37.8 Å². The summed E-state index contributed by atoms with van der Waals surface area (Å²) >= 11 is 6.43. The topological polar surface area (TPSA) is 111 Å². The Bertz CT molecular complexity index is 1250. The van der Waals surface area contributed by atoms with Crippen LogP contribution in [-0.2, 0) is 27.2 Å². The maximum atomic E-state index is 13.2. The molecule has 1 aliphatic carbocycles. The summed E-state index contributed by atoms with van der Waals surface area (Å²) in [5, 5.41) is 8.40. The number of halogens is 1. The van der Waals surface area contributed by atoms with Gasteiger partial charge in [-0.05, 0) is 41.8 Å². The molecule has 1 saturated heterocycles. The number of amides is 5. The molecule has 1 fully saturated rings. The smallest absolute Gasteiger partial charge is 0.322 e. The molecule has 34 heavy (non-hydrogen) atoms. The Morgan fingerprint density at radius 1 is 1.18 bits per heavy atom. The van der Waals surface area contributed by atoms with E-state index in [9.17, 15) is 19.2 Å². The molecule has 9 nitrogen and oxygen atoms in total. The predicted molar refractivity (Wildman–Crippen MR) is 128 cm³/mol. The number of carbonyl (C=O) groups is 4. The molecule has 5 amide bonds. The molecular weight excluding hydrogens is 458 g/mol. The highest BCUT2D eigenvalue weighted by Crippen LogP contribution is 2.41. The maximum Gasteiger partial charge on any atom is 0.322 e. The number of para-hydroxylation sites is 1. The van der Waals surface area contributed by atoms with Gasteiger partial charge in [-0.3, -0.25) is 24.6 Å². The number of anilines is 3. The third kappa shape index (κ3) is 3.47. The summed E-state index contributed by atoms with van der Waals surface area (Å²) in [4.78, 5) is 53.4. The van der Waals surface area contributed by atoms with E-state index >= 15 is 0 Å². The van der Waals surface area contributed by atoms with Crippen LogP contribution in [-0.4, -0.2) is 48.9 Å². The summed E-state index contributed by atoms with van der Waals surface area (Å²) in [5.41, 5.74) is 2.74. The van der Waals surface area contributed by atoms with Gasteiger partial charge < -0.3 is 15.5 Å². The molecule has 0 radical (unpaired) electrons. The van der Waals surface area contributed by atoms with Crippen LogP contribution >= 0.6 is 11.6 Å². The van der Waals surface area contributed by atoms with Crippen LogP contribution < -0.4 is 25.8 Å². The minimum absolute atomic E-state index is 0.157. The highest BCUT2D eigenvalue weighted by molar-refractivity contribution is 6.34. The quantitative estimate of drug-likeness (QED) is 0.580. The molecule has 2 unspecified atom stereocenters. The van der Waals surface area contributed by atoms with Crippen LogP contribution in [0.15, 0.2) is 36.4 Å². The summed E-state index contributed by atoms with van der Waals surface area (Å²) in [6.45, 7) is 1.76. The molecule has 0 bridgehead atoms. The van der Waals surface area contributed by atoms with Gasteiger partial charge in [0, 0.05) is 25.6 Å². The van der Waals surface area contributed by atoms with Crippen molar-refractivity contribution in [3.05, 3.63) is 52.5 Å². The summed E-state index contributed by atoms with van der Waals surface area (Å²) in [6, 6.07) is 9.82. The van der Waals surface area contributed by atoms with Gasteiger partial charge in [-0.15, -0.1) is 0 Å². The third-order valence-corrected chi connectivity index (χ3v) is 7.11. The largest absolute Gasteiger partial charge is 0.360 e. The molecule has 3 N–H and O–H groups in total. The van der Waals surface area contributed by atoms with Gasteiger partial charge in [0.15, 0.2) is 0 Å². The molecule has 10 heteroatoms. The number of rotatable bonds is 4. The van der Waals surface area contributed by atoms with Gasteiger partial charge in [0.2, 0.25) is 11.8 Å². The number of fused-ring (bicyclic) bond motifs is 2. The molecule has 2 atom stereocenters. The van der Waals surface area contributed by atoms with E-state index in [4.69, 9.17) is 11.6 Å². The molecule has 0 saturated carbocycles. The van der Waals surface area contributed by atoms with Gasteiger partial charge in [-0.1, -0.05) is 30.7 Å². The zero-order valence-corrected chi connectivity index (χ0v) is 19.5. The third-order valence-electron chi connectivity index (χ3n) is 6.81. The number of nitrogens with zero attached hydrogens (tertiary/aromatic N) is 2. The molecule has 5 rings (SSSR count). The molecule has 2 aromatic rings. The molecule has 3 aliphatic rings. The Hall–Kier alpha value is -3.59. The van der Waals surface area contributed by atoms with Crippen molar-refractivity contribution in [2.75, 3.05) is 28.7 Å². The van der Waals surface area contributed by atoms with E-state index in [1.807, 2.05) is 31.0 Å². The molecule has 0 aromatic heterocycles. The first kappa shape index (κ1) is 22.2. The van der Waals surface area contributed by atoms with E-state index < -0.39 is 17.6 Å². The Balaban J connectivity index is 1.34. The lowest BCUT2D eigenvalue weighted by Gasteiger charge is -2.41. The van der Waals surface area contributed by atoms with Gasteiger partial charge >= 0.3 is 6.03 Å². The van der Waals surface area contributed by atoms with Crippen LogP contribution in [0.25, 0.3) is 0 Å². The number of nitrogens with one attached hydrogen (secondary N) is 3. The van der Waals surface area contributed by atoms with Crippen molar-refractivity contribution >= 4 is 52.4 Å². The normalized spacial score (nSPS) is 23.0. The zero-order chi connectivity index (χ0) is 24.2. The van der Waals surface area contributed by atoms with E-state index in [0.717, 1.165) is 16.8 Å². The van der Waals surface area contributed by atoms with Crippen molar-refractivity contribution in [3.8, 4) is 0 Å². The zero-order valence-electron chi connectivity index (χ0n) is 18.8. The van der Waals surface area contributed by atoms with E-state index in [-0.39, 0.29) is 24.3 Å². The average Bonchev–Trinajstić information content (AvgIpc) is 3.28. The van der Waals surface area contributed by atoms with Crippen LogP contribution in [0.2, 0.25) is 5.02 Å². The Kier molecular flexibility index (Phi) is 5.24. The van der Waals surface area contributed by atoms with Gasteiger partial charge in [0.1, 0.15) is 18.1 Å². The fourth-order valence-corrected chi connectivity index (χ4v) is 5.48. The van der Waals surface area contributed by atoms with Crippen LogP contribution in [0.3, 0.4) is 0 Å². The highest BCUT2D eigenvalue weighted by atomic mass is 35.5. The second-order valence-electron chi connectivity index (χ2n) is 8.94. The van der Waals surface area contributed by atoms with E-state index in [0.29, 0.717) is 35.7 Å². The van der Waals surface area contributed by atoms with Crippen molar-refractivity contribution in [2.24, 2.45) is 0 Å². The lowest BCUT2D eigenvalue weighted by atomic mass is 9.96. The lowest BCUT2D eigenvalue weighted by Crippen LogP contribution is -2.53. The van der Waals surface area contributed by atoms with Crippen LogP contribution in [0.1, 0.15) is 24.5 Å². The number of imide groups is 1. The highest BCUT2D eigenvalue weighted by Gasteiger charge is 2.50.